The maximum atomic E-state index is 12.4. The Labute approximate surface area is 184 Å². The first-order valence-corrected chi connectivity index (χ1v) is 10.8. The van der Waals surface area contributed by atoms with Gasteiger partial charge in [0.15, 0.2) is 0 Å². The molecular weight excluding hydrogens is 386 g/mol. The third-order valence-electron chi connectivity index (χ3n) is 5.96. The number of amides is 1. The van der Waals surface area contributed by atoms with Gasteiger partial charge in [0, 0.05) is 37.3 Å². The predicted octanol–water partition coefficient (Wildman–Crippen LogP) is 3.22. The van der Waals surface area contributed by atoms with Crippen LogP contribution in [0.15, 0.2) is 78.9 Å². The Kier molecular flexibility index (Phi) is 6.53. The first-order valence-electron chi connectivity index (χ1n) is 10.8. The van der Waals surface area contributed by atoms with Crippen LogP contribution < -0.4 is 19.9 Å². The number of hydrogen-bond acceptors (Lipinski definition) is 3. The van der Waals surface area contributed by atoms with E-state index in [4.69, 9.17) is 4.74 Å². The molecule has 1 aliphatic rings. The highest BCUT2D eigenvalue weighted by molar-refractivity contribution is 5.70. The van der Waals surface area contributed by atoms with Crippen molar-refractivity contribution in [2.75, 3.05) is 32.1 Å². The van der Waals surface area contributed by atoms with Gasteiger partial charge in [-0.15, -0.1) is 0 Å². The van der Waals surface area contributed by atoms with Crippen molar-refractivity contribution in [2.24, 2.45) is 0 Å². The van der Waals surface area contributed by atoms with Gasteiger partial charge in [0.25, 0.3) is 0 Å². The average Bonchev–Trinajstić information content (AvgIpc) is 2.80. The minimum Gasteiger partial charge on any atom is -0.410 e. The van der Waals surface area contributed by atoms with E-state index >= 15 is 0 Å². The number of carbonyl (C=O) groups is 1. The molecule has 0 saturated carbocycles. The van der Waals surface area contributed by atoms with Crippen molar-refractivity contribution in [2.45, 2.75) is 19.0 Å². The molecule has 31 heavy (non-hydrogen) atoms. The molecule has 1 heterocycles. The molecule has 0 aromatic heterocycles. The number of rotatable bonds is 6. The van der Waals surface area contributed by atoms with Crippen LogP contribution >= 0.6 is 0 Å². The van der Waals surface area contributed by atoms with Crippen molar-refractivity contribution >= 4 is 11.8 Å². The Hall–Kier alpha value is -3.31. The summed E-state index contributed by atoms with van der Waals surface area (Å²) in [5.74, 6) is 0.547. The highest BCUT2D eigenvalue weighted by atomic mass is 16.6. The Morgan fingerprint density at radius 1 is 0.968 bits per heavy atom. The highest BCUT2D eigenvalue weighted by Gasteiger charge is 2.29. The lowest BCUT2D eigenvalue weighted by Gasteiger charge is -2.33. The van der Waals surface area contributed by atoms with Crippen LogP contribution in [0.5, 0.6) is 5.75 Å². The second-order valence-corrected chi connectivity index (χ2v) is 8.23. The Morgan fingerprint density at radius 2 is 1.65 bits per heavy atom. The summed E-state index contributed by atoms with van der Waals surface area (Å²) < 4.78 is 5.43. The second kappa shape index (κ2) is 9.67. The van der Waals surface area contributed by atoms with E-state index in [-0.39, 0.29) is 6.04 Å². The summed E-state index contributed by atoms with van der Waals surface area (Å²) in [7, 11) is 4.08. The number of quaternary nitrogens is 1. The first-order chi connectivity index (χ1) is 15.1. The van der Waals surface area contributed by atoms with E-state index in [1.807, 2.05) is 32.3 Å². The lowest BCUT2D eigenvalue weighted by atomic mass is 9.96. The summed E-state index contributed by atoms with van der Waals surface area (Å²) in [6.07, 6.45) is 0.629. The molecule has 0 fully saturated rings. The first kappa shape index (κ1) is 20.9. The summed E-state index contributed by atoms with van der Waals surface area (Å²) in [5.41, 5.74) is 5.22. The predicted molar refractivity (Wildman–Crippen MR) is 124 cm³/mol. The zero-order valence-corrected chi connectivity index (χ0v) is 18.2. The Morgan fingerprint density at radius 3 is 2.35 bits per heavy atom. The topological polar surface area (TPSA) is 46.0 Å². The molecule has 0 spiro atoms. The Balaban J connectivity index is 1.50. The van der Waals surface area contributed by atoms with Crippen LogP contribution in [0.1, 0.15) is 22.7 Å². The number of nitrogens with zero attached hydrogens (tertiary/aromatic N) is 1. The standard InChI is InChI=1S/C26H29N3O2/c1-28(2)23-14-12-21(13-15-23)25(18-27-26(30)31-24-10-4-3-5-11-24)29-17-16-20-8-6-7-9-22(20)19-29/h3-15,25H,16-19H2,1-2H3,(H,27,30)/p+1/t25-/m1/s1. The fourth-order valence-electron chi connectivity index (χ4n) is 4.22. The number of anilines is 1. The van der Waals surface area contributed by atoms with Gasteiger partial charge in [0.05, 0.1) is 13.1 Å². The molecule has 3 aromatic carbocycles. The third-order valence-corrected chi connectivity index (χ3v) is 5.96. The number of fused-ring (bicyclic) bond motifs is 1. The zero-order chi connectivity index (χ0) is 21.6. The van der Waals surface area contributed by atoms with Crippen LogP contribution in [-0.4, -0.2) is 33.3 Å². The van der Waals surface area contributed by atoms with Crippen LogP contribution in [-0.2, 0) is 13.0 Å². The van der Waals surface area contributed by atoms with E-state index in [0.717, 1.165) is 25.2 Å². The molecule has 1 amide bonds. The fourth-order valence-corrected chi connectivity index (χ4v) is 4.22. The zero-order valence-electron chi connectivity index (χ0n) is 18.2. The van der Waals surface area contributed by atoms with Crippen molar-refractivity contribution in [1.82, 2.24) is 5.32 Å². The van der Waals surface area contributed by atoms with Gasteiger partial charge < -0.3 is 19.9 Å². The highest BCUT2D eigenvalue weighted by Crippen LogP contribution is 2.19. The van der Waals surface area contributed by atoms with E-state index in [2.05, 4.69) is 58.7 Å². The van der Waals surface area contributed by atoms with Crippen molar-refractivity contribution in [3.63, 3.8) is 0 Å². The molecule has 0 bridgehead atoms. The number of ether oxygens (including phenoxy) is 1. The number of hydrogen-bond donors (Lipinski definition) is 2. The van der Waals surface area contributed by atoms with Gasteiger partial charge >= 0.3 is 6.09 Å². The summed E-state index contributed by atoms with van der Waals surface area (Å²) in [6.45, 7) is 2.50. The molecule has 2 atom stereocenters. The lowest BCUT2D eigenvalue weighted by Crippen LogP contribution is -3.12. The van der Waals surface area contributed by atoms with Crippen LogP contribution in [0, 0.1) is 0 Å². The largest absolute Gasteiger partial charge is 0.412 e. The molecular formula is C26H30N3O2+. The van der Waals surface area contributed by atoms with Gasteiger partial charge in [0.1, 0.15) is 18.3 Å². The normalized spacial score (nSPS) is 16.1. The van der Waals surface area contributed by atoms with Crippen LogP contribution in [0.4, 0.5) is 10.5 Å². The molecule has 5 heteroatoms. The van der Waals surface area contributed by atoms with Gasteiger partial charge in [0.2, 0.25) is 0 Å². The van der Waals surface area contributed by atoms with E-state index in [9.17, 15) is 4.79 Å². The number of para-hydroxylation sites is 1. The molecule has 3 aromatic rings. The van der Waals surface area contributed by atoms with Crippen LogP contribution in [0.25, 0.3) is 0 Å². The second-order valence-electron chi connectivity index (χ2n) is 8.23. The van der Waals surface area contributed by atoms with E-state index in [0.29, 0.717) is 12.3 Å². The number of benzene rings is 3. The Bertz CT molecular complexity index is 1000. The summed E-state index contributed by atoms with van der Waals surface area (Å²) in [5, 5.41) is 3.00. The summed E-state index contributed by atoms with van der Waals surface area (Å²) in [4.78, 5) is 16.0. The molecule has 5 nitrogen and oxygen atoms in total. The van der Waals surface area contributed by atoms with E-state index < -0.39 is 6.09 Å². The minimum atomic E-state index is -0.419. The molecule has 160 valence electrons. The number of nitrogens with one attached hydrogen (secondary N) is 2. The van der Waals surface area contributed by atoms with Crippen molar-refractivity contribution in [1.29, 1.82) is 0 Å². The third kappa shape index (κ3) is 5.25. The van der Waals surface area contributed by atoms with Crippen LogP contribution in [0.2, 0.25) is 0 Å². The minimum absolute atomic E-state index is 0.146. The van der Waals surface area contributed by atoms with Gasteiger partial charge in [-0.05, 0) is 29.8 Å². The molecule has 2 N–H and O–H groups in total. The molecule has 0 aliphatic carbocycles. The van der Waals surface area contributed by atoms with Gasteiger partial charge in [-0.1, -0.05) is 54.6 Å². The van der Waals surface area contributed by atoms with E-state index in [1.165, 1.54) is 21.6 Å². The maximum absolute atomic E-state index is 12.4. The summed E-state index contributed by atoms with van der Waals surface area (Å²) in [6, 6.07) is 26.6. The van der Waals surface area contributed by atoms with Crippen LogP contribution in [0.3, 0.4) is 0 Å². The van der Waals surface area contributed by atoms with Gasteiger partial charge in [-0.3, -0.25) is 0 Å². The quantitative estimate of drug-likeness (QED) is 0.649. The monoisotopic (exact) mass is 416 g/mol. The molecule has 1 aliphatic heterocycles. The molecule has 1 unspecified atom stereocenters. The lowest BCUT2D eigenvalue weighted by molar-refractivity contribution is -0.945. The SMILES string of the molecule is CN(C)c1ccc([C@@H](CNC(=O)Oc2ccccc2)[NH+]2CCc3ccccc3C2)cc1. The van der Waals surface area contributed by atoms with Gasteiger partial charge in [-0.25, -0.2) is 4.79 Å². The van der Waals surface area contributed by atoms with E-state index in [1.54, 1.807) is 12.1 Å². The van der Waals surface area contributed by atoms with Crippen molar-refractivity contribution in [3.05, 3.63) is 95.6 Å². The van der Waals surface area contributed by atoms with Crippen molar-refractivity contribution in [3.8, 4) is 5.75 Å². The summed E-state index contributed by atoms with van der Waals surface area (Å²) >= 11 is 0. The smallest absolute Gasteiger partial charge is 0.410 e. The average molecular weight is 417 g/mol. The molecule has 0 radical (unpaired) electrons. The maximum Gasteiger partial charge on any atom is 0.412 e. The molecule has 4 rings (SSSR count). The van der Waals surface area contributed by atoms with Gasteiger partial charge in [-0.2, -0.15) is 0 Å². The molecule has 0 saturated heterocycles. The number of carbonyl (C=O) groups excluding carboxylic acids is 1. The fraction of sp³-hybridized carbons (Fsp3) is 0.269. The van der Waals surface area contributed by atoms with Crippen molar-refractivity contribution < 1.29 is 14.4 Å².